The van der Waals surface area contributed by atoms with Crippen molar-refractivity contribution in [1.29, 1.82) is 0 Å². The first-order valence-corrected chi connectivity index (χ1v) is 8.40. The van der Waals surface area contributed by atoms with Crippen molar-refractivity contribution in [3.8, 4) is 11.5 Å². The van der Waals surface area contributed by atoms with Crippen LogP contribution in [0.5, 0.6) is 0 Å². The first-order valence-electron chi connectivity index (χ1n) is 7.41. The molecular formula is C17H14N4O2S. The van der Waals surface area contributed by atoms with E-state index in [1.54, 1.807) is 30.6 Å². The van der Waals surface area contributed by atoms with Crippen molar-refractivity contribution in [1.82, 2.24) is 19.7 Å². The van der Waals surface area contributed by atoms with E-state index in [1.165, 1.54) is 0 Å². The van der Waals surface area contributed by atoms with E-state index in [-0.39, 0.29) is 0 Å². The molecule has 0 saturated carbocycles. The van der Waals surface area contributed by atoms with Crippen LogP contribution in [0.3, 0.4) is 0 Å². The second-order valence-corrected chi connectivity index (χ2v) is 6.06. The van der Waals surface area contributed by atoms with Gasteiger partial charge in [0, 0.05) is 11.3 Å². The molecule has 24 heavy (non-hydrogen) atoms. The monoisotopic (exact) mass is 338 g/mol. The fraction of sp³-hybridized carbons (Fsp3) is 0.118. The SMILES string of the molecule is c1ccc(-c2nc(CSc3nncn3Cc3ccco3)co2)cc1. The molecule has 120 valence electrons. The summed E-state index contributed by atoms with van der Waals surface area (Å²) < 4.78 is 12.9. The maximum atomic E-state index is 5.55. The van der Waals surface area contributed by atoms with Gasteiger partial charge in [-0.2, -0.15) is 0 Å². The quantitative estimate of drug-likeness (QED) is 0.497. The van der Waals surface area contributed by atoms with Crippen LogP contribution in [0, 0.1) is 0 Å². The van der Waals surface area contributed by atoms with Crippen molar-refractivity contribution in [3.05, 3.63) is 72.8 Å². The lowest BCUT2D eigenvalue weighted by Gasteiger charge is -2.02. The molecule has 0 atom stereocenters. The number of thioether (sulfide) groups is 1. The Morgan fingerprint density at radius 3 is 2.79 bits per heavy atom. The van der Waals surface area contributed by atoms with Gasteiger partial charge in [-0.15, -0.1) is 10.2 Å². The maximum absolute atomic E-state index is 5.55. The minimum atomic E-state index is 0.608. The molecular weight excluding hydrogens is 324 g/mol. The summed E-state index contributed by atoms with van der Waals surface area (Å²) in [4.78, 5) is 4.52. The predicted octanol–water partition coefficient (Wildman–Crippen LogP) is 3.87. The lowest BCUT2D eigenvalue weighted by molar-refractivity contribution is 0.484. The van der Waals surface area contributed by atoms with Crippen LogP contribution >= 0.6 is 11.8 Å². The van der Waals surface area contributed by atoms with Crippen LogP contribution < -0.4 is 0 Å². The van der Waals surface area contributed by atoms with E-state index >= 15 is 0 Å². The number of oxazole rings is 1. The third-order valence-corrected chi connectivity index (χ3v) is 4.42. The lowest BCUT2D eigenvalue weighted by atomic mass is 10.2. The predicted molar refractivity (Wildman–Crippen MR) is 89.3 cm³/mol. The van der Waals surface area contributed by atoms with Crippen molar-refractivity contribution < 1.29 is 8.83 Å². The molecule has 0 unspecified atom stereocenters. The Bertz CT molecular complexity index is 900. The number of hydrogen-bond acceptors (Lipinski definition) is 6. The van der Waals surface area contributed by atoms with E-state index < -0.39 is 0 Å². The van der Waals surface area contributed by atoms with Crippen LogP contribution in [0.2, 0.25) is 0 Å². The van der Waals surface area contributed by atoms with Crippen LogP contribution in [0.1, 0.15) is 11.5 Å². The summed E-state index contributed by atoms with van der Waals surface area (Å²) in [5.74, 6) is 2.15. The zero-order chi connectivity index (χ0) is 16.2. The molecule has 0 fully saturated rings. The molecule has 0 aliphatic carbocycles. The van der Waals surface area contributed by atoms with Crippen molar-refractivity contribution in [3.63, 3.8) is 0 Å². The summed E-state index contributed by atoms with van der Waals surface area (Å²) >= 11 is 1.56. The van der Waals surface area contributed by atoms with E-state index in [1.807, 2.05) is 47.0 Å². The Hall–Kier alpha value is -2.80. The Morgan fingerprint density at radius 2 is 1.96 bits per heavy atom. The molecule has 3 heterocycles. The largest absolute Gasteiger partial charge is 0.467 e. The third kappa shape index (κ3) is 3.26. The number of hydrogen-bond donors (Lipinski definition) is 0. The van der Waals surface area contributed by atoms with Crippen LogP contribution in [-0.2, 0) is 12.3 Å². The van der Waals surface area contributed by atoms with Crippen molar-refractivity contribution >= 4 is 11.8 Å². The van der Waals surface area contributed by atoms with E-state index in [9.17, 15) is 0 Å². The molecule has 7 heteroatoms. The zero-order valence-electron chi connectivity index (χ0n) is 12.7. The van der Waals surface area contributed by atoms with Crippen molar-refractivity contribution in [2.24, 2.45) is 0 Å². The van der Waals surface area contributed by atoms with Gasteiger partial charge in [0.15, 0.2) is 5.16 Å². The summed E-state index contributed by atoms with van der Waals surface area (Å²) in [5, 5.41) is 8.94. The van der Waals surface area contributed by atoms with E-state index in [0.717, 1.165) is 22.2 Å². The fourth-order valence-corrected chi connectivity index (χ4v) is 3.05. The maximum Gasteiger partial charge on any atom is 0.226 e. The molecule has 0 N–H and O–H groups in total. The number of benzene rings is 1. The molecule has 4 aromatic rings. The van der Waals surface area contributed by atoms with Gasteiger partial charge in [-0.25, -0.2) is 4.98 Å². The highest BCUT2D eigenvalue weighted by atomic mass is 32.2. The molecule has 0 radical (unpaired) electrons. The molecule has 3 aromatic heterocycles. The second kappa shape index (κ2) is 6.76. The average Bonchev–Trinajstić information content (AvgIpc) is 3.37. The van der Waals surface area contributed by atoms with Crippen LogP contribution in [0.25, 0.3) is 11.5 Å². The minimum Gasteiger partial charge on any atom is -0.467 e. The summed E-state index contributed by atoms with van der Waals surface area (Å²) in [6, 6.07) is 13.6. The van der Waals surface area contributed by atoms with Gasteiger partial charge in [0.2, 0.25) is 5.89 Å². The molecule has 0 aliphatic heterocycles. The molecule has 0 spiro atoms. The molecule has 6 nitrogen and oxygen atoms in total. The number of rotatable bonds is 6. The van der Waals surface area contributed by atoms with Gasteiger partial charge in [-0.05, 0) is 24.3 Å². The molecule has 1 aromatic carbocycles. The smallest absolute Gasteiger partial charge is 0.226 e. The van der Waals surface area contributed by atoms with E-state index in [0.29, 0.717) is 18.2 Å². The summed E-state index contributed by atoms with van der Waals surface area (Å²) in [7, 11) is 0. The molecule has 0 bridgehead atoms. The molecule has 0 saturated heterocycles. The minimum absolute atomic E-state index is 0.608. The van der Waals surface area contributed by atoms with Gasteiger partial charge in [0.1, 0.15) is 18.4 Å². The normalized spacial score (nSPS) is 11.0. The zero-order valence-corrected chi connectivity index (χ0v) is 13.5. The molecule has 4 rings (SSSR count). The number of furan rings is 1. The fourth-order valence-electron chi connectivity index (χ4n) is 2.26. The number of nitrogens with zero attached hydrogens (tertiary/aromatic N) is 4. The Kier molecular flexibility index (Phi) is 4.16. The van der Waals surface area contributed by atoms with Gasteiger partial charge < -0.3 is 13.4 Å². The summed E-state index contributed by atoms with van der Waals surface area (Å²) in [5.41, 5.74) is 1.83. The van der Waals surface area contributed by atoms with E-state index in [2.05, 4.69) is 15.2 Å². The topological polar surface area (TPSA) is 69.9 Å². The van der Waals surface area contributed by atoms with Gasteiger partial charge in [-0.3, -0.25) is 0 Å². The standard InChI is InChI=1S/C17H14N4O2S/c1-2-5-13(6-3-1)16-19-14(10-23-16)11-24-17-20-18-12-21(17)9-15-7-4-8-22-15/h1-8,10,12H,9,11H2. The summed E-state index contributed by atoms with van der Waals surface area (Å²) in [6.45, 7) is 0.608. The van der Waals surface area contributed by atoms with E-state index in [4.69, 9.17) is 8.83 Å². The number of aromatic nitrogens is 4. The highest BCUT2D eigenvalue weighted by Crippen LogP contribution is 2.24. The average molecular weight is 338 g/mol. The first kappa shape index (κ1) is 14.8. The second-order valence-electron chi connectivity index (χ2n) is 5.12. The van der Waals surface area contributed by atoms with Gasteiger partial charge in [0.05, 0.1) is 18.5 Å². The highest BCUT2D eigenvalue weighted by molar-refractivity contribution is 7.98. The van der Waals surface area contributed by atoms with Gasteiger partial charge in [-0.1, -0.05) is 30.0 Å². The van der Waals surface area contributed by atoms with Crippen LogP contribution in [-0.4, -0.2) is 19.7 Å². The van der Waals surface area contributed by atoms with Crippen molar-refractivity contribution in [2.45, 2.75) is 17.5 Å². The summed E-state index contributed by atoms with van der Waals surface area (Å²) in [6.07, 6.45) is 5.04. The Labute approximate surface area is 142 Å². The van der Waals surface area contributed by atoms with Crippen LogP contribution in [0.15, 0.2) is 75.3 Å². The first-order chi connectivity index (χ1) is 11.9. The Balaban J connectivity index is 1.43. The van der Waals surface area contributed by atoms with Gasteiger partial charge >= 0.3 is 0 Å². The lowest BCUT2D eigenvalue weighted by Crippen LogP contribution is -1.99. The van der Waals surface area contributed by atoms with Crippen molar-refractivity contribution in [2.75, 3.05) is 0 Å². The Morgan fingerprint density at radius 1 is 1.04 bits per heavy atom. The molecule has 0 aliphatic rings. The molecule has 0 amide bonds. The van der Waals surface area contributed by atoms with Crippen LogP contribution in [0.4, 0.5) is 0 Å². The highest BCUT2D eigenvalue weighted by Gasteiger charge is 2.10. The van der Waals surface area contributed by atoms with Gasteiger partial charge in [0.25, 0.3) is 0 Å². The third-order valence-electron chi connectivity index (χ3n) is 3.41.